The number of amides is 3. The van der Waals surface area contributed by atoms with Gasteiger partial charge in [0, 0.05) is 86.8 Å². The summed E-state index contributed by atoms with van der Waals surface area (Å²) in [6.07, 6.45) is 9.75. The molecule has 15 nitrogen and oxygen atoms in total. The summed E-state index contributed by atoms with van der Waals surface area (Å²) in [5.41, 5.74) is 5.60. The summed E-state index contributed by atoms with van der Waals surface area (Å²) in [5, 5.41) is 10.4. The van der Waals surface area contributed by atoms with Crippen molar-refractivity contribution in [1.82, 2.24) is 24.6 Å². The molecule has 0 radical (unpaired) electrons. The van der Waals surface area contributed by atoms with Gasteiger partial charge < -0.3 is 38.9 Å². The Bertz CT molecular complexity index is 2450. The number of carbonyl (C=O) groups excluding carboxylic acids is 4. The van der Waals surface area contributed by atoms with Crippen LogP contribution in [-0.4, -0.2) is 142 Å². The number of aldehydes is 1. The maximum atomic E-state index is 13.7. The lowest BCUT2D eigenvalue weighted by Gasteiger charge is -2.30. The average molecular weight is 906 g/mol. The van der Waals surface area contributed by atoms with Crippen molar-refractivity contribution in [1.29, 1.82) is 0 Å². The number of aliphatic hydroxyl groups is 1. The van der Waals surface area contributed by atoms with Gasteiger partial charge in [0.15, 0.2) is 6.29 Å². The zero-order valence-electron chi connectivity index (χ0n) is 38.3. The van der Waals surface area contributed by atoms with E-state index in [0.29, 0.717) is 102 Å². The number of likely N-dealkylation sites (N-methyl/N-ethyl adjacent to an activating group) is 1. The second kappa shape index (κ2) is 20.6. The Balaban J connectivity index is 1.09. The van der Waals surface area contributed by atoms with Crippen LogP contribution in [0, 0.1) is 0 Å². The van der Waals surface area contributed by atoms with Gasteiger partial charge in [-0.15, -0.1) is 11.8 Å². The molecule has 3 aromatic rings. The molecule has 4 aliphatic heterocycles. The lowest BCUT2D eigenvalue weighted by Crippen LogP contribution is -2.38. The van der Waals surface area contributed by atoms with Crippen molar-refractivity contribution in [3.63, 3.8) is 0 Å². The van der Waals surface area contributed by atoms with Crippen molar-refractivity contribution in [3.8, 4) is 17.2 Å². The van der Waals surface area contributed by atoms with Gasteiger partial charge in [-0.1, -0.05) is 23.3 Å². The van der Waals surface area contributed by atoms with E-state index in [1.165, 1.54) is 11.6 Å². The summed E-state index contributed by atoms with van der Waals surface area (Å²) in [7, 11) is 3.83. The molecule has 1 N–H and O–H groups in total. The van der Waals surface area contributed by atoms with Gasteiger partial charge >= 0.3 is 0 Å². The van der Waals surface area contributed by atoms with Crippen molar-refractivity contribution in [3.05, 3.63) is 93.3 Å². The number of aromatic nitrogens is 1. The number of fused-ring (bicyclic) bond motifs is 4. The highest BCUT2D eigenvalue weighted by atomic mass is 32.2. The lowest BCUT2D eigenvalue weighted by molar-refractivity contribution is -0.126. The first kappa shape index (κ1) is 47.1. The van der Waals surface area contributed by atoms with Crippen molar-refractivity contribution in [2.24, 2.45) is 9.98 Å². The molecule has 0 saturated carbocycles. The van der Waals surface area contributed by atoms with Gasteiger partial charge in [0.25, 0.3) is 11.8 Å². The van der Waals surface area contributed by atoms with Gasteiger partial charge in [0.05, 0.1) is 63.9 Å². The van der Waals surface area contributed by atoms with Crippen LogP contribution in [0.5, 0.6) is 17.2 Å². The van der Waals surface area contributed by atoms with E-state index in [1.54, 1.807) is 69.2 Å². The molecule has 2 saturated heterocycles. The first-order valence-corrected chi connectivity index (χ1v) is 23.1. The Morgan fingerprint density at radius 1 is 0.862 bits per heavy atom. The monoisotopic (exact) mass is 905 g/mol. The Kier molecular flexibility index (Phi) is 14.9. The molecule has 1 aromatic heterocycles. The van der Waals surface area contributed by atoms with Crippen LogP contribution in [-0.2, 0) is 24.6 Å². The van der Waals surface area contributed by atoms with Crippen LogP contribution in [0.3, 0.4) is 0 Å². The number of hydrogen-bond donors (Lipinski definition) is 1. The Labute approximate surface area is 385 Å². The summed E-state index contributed by atoms with van der Waals surface area (Å²) in [5.74, 6) is 1.31. The van der Waals surface area contributed by atoms with Crippen molar-refractivity contribution < 1.29 is 38.5 Å². The third kappa shape index (κ3) is 11.0. The largest absolute Gasteiger partial charge is 0.492 e. The topological polar surface area (TPSA) is 167 Å². The molecular formula is C49H59N7O8S. The minimum absolute atomic E-state index is 0.0217. The third-order valence-corrected chi connectivity index (χ3v) is 13.5. The SMILES string of the molecule is CC=C1C[C@H]2C=Nc3cc(OCc4cc(OCCN(C)CC(C)(C)SCC(=O)N(C)CC)cc(COc5cc6c(cc5CO)C(=O)N5CC(=CC)C[C@H]5C=N6)n4)c(C=O)cc3C(=O)N2C1. The average Bonchev–Trinajstić information content (AvgIpc) is 3.87. The van der Waals surface area contributed by atoms with Crippen molar-refractivity contribution >= 4 is 59.6 Å². The second-order valence-electron chi connectivity index (χ2n) is 17.4. The van der Waals surface area contributed by atoms with Crippen molar-refractivity contribution in [2.45, 2.75) is 84.1 Å². The zero-order valence-corrected chi connectivity index (χ0v) is 39.2. The van der Waals surface area contributed by atoms with Gasteiger partial charge in [-0.05, 0) is 66.6 Å². The number of nitrogens with zero attached hydrogens (tertiary/aromatic N) is 7. The van der Waals surface area contributed by atoms with E-state index < -0.39 is 0 Å². The highest BCUT2D eigenvalue weighted by Gasteiger charge is 2.36. The fourth-order valence-electron chi connectivity index (χ4n) is 8.35. The van der Waals surface area contributed by atoms with Crippen LogP contribution >= 0.6 is 11.8 Å². The molecular weight excluding hydrogens is 847 g/mol. The fraction of sp³-hybridized carbons (Fsp3) is 0.449. The maximum absolute atomic E-state index is 13.7. The van der Waals surface area contributed by atoms with Gasteiger partial charge in [-0.3, -0.25) is 34.1 Å². The van der Waals surface area contributed by atoms with E-state index in [2.05, 4.69) is 28.7 Å². The first-order valence-electron chi connectivity index (χ1n) is 22.1. The lowest BCUT2D eigenvalue weighted by atomic mass is 10.1. The molecule has 3 amide bonds. The molecule has 65 heavy (non-hydrogen) atoms. The van der Waals surface area contributed by atoms with E-state index in [9.17, 15) is 24.3 Å². The minimum atomic E-state index is -0.362. The molecule has 16 heteroatoms. The van der Waals surface area contributed by atoms with Gasteiger partial charge in [-0.2, -0.15) is 0 Å². The standard InChI is InChI=1S/C49H59N7O8S/c1-8-31-13-37-21-50-42-19-44(33(25-57)15-40(42)47(60)55(37)23-31)63-27-35-17-39(62-12-11-53(6)30-49(4,5)65-29-46(59)54(7)10-3)18-36(52-35)28-64-45-20-43-41(16-34(45)26-58)48(61)56-24-32(9-2)14-38(56)22-51-43/h8-9,15-22,25,37-38,58H,10-14,23-24,26-30H2,1-7H3/t37-,38-/m0/s1. The number of aliphatic imine (C=N–C) groups is 2. The van der Waals surface area contributed by atoms with Gasteiger partial charge in [0.1, 0.15) is 37.1 Å². The molecule has 0 unspecified atom stereocenters. The molecule has 344 valence electrons. The first-order chi connectivity index (χ1) is 31.2. The van der Waals surface area contributed by atoms with Crippen molar-refractivity contribution in [2.75, 3.05) is 59.2 Å². The minimum Gasteiger partial charge on any atom is -0.492 e. The Morgan fingerprint density at radius 2 is 1.43 bits per heavy atom. The number of thioether (sulfide) groups is 1. The molecule has 4 aliphatic rings. The van der Waals surface area contributed by atoms with Crippen LogP contribution < -0.4 is 14.2 Å². The number of aliphatic hydroxyl groups excluding tert-OH is 1. The molecule has 2 fully saturated rings. The highest BCUT2D eigenvalue weighted by Crippen LogP contribution is 2.37. The molecule has 2 atom stereocenters. The van der Waals surface area contributed by atoms with Crippen LogP contribution in [0.4, 0.5) is 11.4 Å². The molecule has 0 aliphatic carbocycles. The third-order valence-electron chi connectivity index (χ3n) is 12.2. The normalized spacial score (nSPS) is 19.0. The molecule has 0 bridgehead atoms. The van der Waals surface area contributed by atoms with Crippen LogP contribution in [0.2, 0.25) is 0 Å². The predicted octanol–water partition coefficient (Wildman–Crippen LogP) is 6.60. The van der Waals surface area contributed by atoms with Crippen LogP contribution in [0.25, 0.3) is 0 Å². The van der Waals surface area contributed by atoms with Crippen LogP contribution in [0.15, 0.2) is 69.7 Å². The summed E-state index contributed by atoms with van der Waals surface area (Å²) < 4.78 is 18.7. The van der Waals surface area contributed by atoms with E-state index >= 15 is 0 Å². The molecule has 0 spiro atoms. The highest BCUT2D eigenvalue weighted by molar-refractivity contribution is 8.01. The summed E-state index contributed by atoms with van der Waals surface area (Å²) in [6, 6.07) is 9.74. The second-order valence-corrected chi connectivity index (χ2v) is 19.1. The number of carbonyl (C=O) groups is 4. The quantitative estimate of drug-likeness (QED) is 0.108. The number of ether oxygens (including phenoxy) is 3. The number of pyridine rings is 1. The zero-order chi connectivity index (χ0) is 46.4. The number of benzene rings is 2. The summed E-state index contributed by atoms with van der Waals surface area (Å²) in [4.78, 5) is 73.8. The van der Waals surface area contributed by atoms with E-state index in [-0.39, 0.29) is 65.7 Å². The number of allylic oxidation sites excluding steroid dienone is 2. The Hall–Kier alpha value is -5.84. The Morgan fingerprint density at radius 3 is 1.98 bits per heavy atom. The predicted molar refractivity (Wildman–Crippen MR) is 253 cm³/mol. The molecule has 2 aromatic carbocycles. The van der Waals surface area contributed by atoms with E-state index in [1.807, 2.05) is 47.0 Å². The summed E-state index contributed by atoms with van der Waals surface area (Å²) in [6.45, 7) is 13.1. The number of rotatable bonds is 18. The van der Waals surface area contributed by atoms with E-state index in [0.717, 1.165) is 18.5 Å². The maximum Gasteiger partial charge on any atom is 0.256 e. The molecule has 5 heterocycles. The smallest absolute Gasteiger partial charge is 0.256 e. The number of hydrogen-bond acceptors (Lipinski definition) is 13. The van der Waals surface area contributed by atoms with Gasteiger partial charge in [0.2, 0.25) is 5.91 Å². The summed E-state index contributed by atoms with van der Waals surface area (Å²) >= 11 is 1.63. The van der Waals surface area contributed by atoms with Gasteiger partial charge in [-0.25, -0.2) is 0 Å². The van der Waals surface area contributed by atoms with Crippen LogP contribution in [0.1, 0.15) is 95.5 Å². The molecule has 7 rings (SSSR count). The van der Waals surface area contributed by atoms with E-state index in [4.69, 9.17) is 19.2 Å². The fourth-order valence-corrected chi connectivity index (χ4v) is 9.40.